The molecule has 12 heavy (non-hydrogen) atoms. The molecule has 0 aromatic carbocycles. The molecule has 0 aromatic rings. The predicted molar refractivity (Wildman–Crippen MR) is 57.3 cm³/mol. The van der Waals surface area contributed by atoms with Gasteiger partial charge in [0.1, 0.15) is 0 Å². The van der Waals surface area contributed by atoms with Crippen molar-refractivity contribution in [3.05, 3.63) is 0 Å². The summed E-state index contributed by atoms with van der Waals surface area (Å²) < 4.78 is 22.7. The number of nitrogens with zero attached hydrogens (tertiary/aromatic N) is 1. The zero-order chi connectivity index (χ0) is 9.40. The van der Waals surface area contributed by atoms with Gasteiger partial charge in [-0.3, -0.25) is 4.21 Å². The lowest BCUT2D eigenvalue weighted by atomic mass is 10.4. The minimum atomic E-state index is -2.06. The molecule has 0 bridgehead atoms. The first-order valence-electron chi connectivity index (χ1n) is 3.68. The van der Waals surface area contributed by atoms with Crippen LogP contribution in [0.25, 0.3) is 0 Å². The third kappa shape index (κ3) is 6.54. The second kappa shape index (κ2) is 8.62. The van der Waals surface area contributed by atoms with E-state index in [4.69, 9.17) is 0 Å². The van der Waals surface area contributed by atoms with E-state index in [0.29, 0.717) is 13.1 Å². The van der Waals surface area contributed by atoms with Gasteiger partial charge in [-0.25, -0.2) is 4.31 Å². The molecule has 0 heterocycles. The summed E-state index contributed by atoms with van der Waals surface area (Å²) in [6.45, 7) is 1.21. The van der Waals surface area contributed by atoms with Crippen molar-refractivity contribution >= 4 is 43.1 Å². The average molecular weight is 322 g/mol. The van der Waals surface area contributed by atoms with Crippen LogP contribution in [0, 0.1) is 0 Å². The van der Waals surface area contributed by atoms with Crippen molar-refractivity contribution in [2.75, 3.05) is 23.7 Å². The summed E-state index contributed by atoms with van der Waals surface area (Å²) in [4.78, 5) is 0. The highest BCUT2D eigenvalue weighted by molar-refractivity contribution is 9.09. The molecule has 1 atom stereocenters. The van der Waals surface area contributed by atoms with E-state index >= 15 is 0 Å². The monoisotopic (exact) mass is 320 g/mol. The Balaban J connectivity index is 3.62. The molecule has 1 unspecified atom stereocenters. The molecule has 3 nitrogen and oxygen atoms in total. The fourth-order valence-corrected chi connectivity index (χ4v) is 1.79. The van der Waals surface area contributed by atoms with Crippen LogP contribution in [-0.2, 0) is 11.3 Å². The first-order valence-corrected chi connectivity index (χ1v) is 6.96. The Hall–Kier alpha value is 1.03. The van der Waals surface area contributed by atoms with Crippen LogP contribution in [0.1, 0.15) is 12.8 Å². The SMILES string of the molecule is O=S([O-])N(CCCBr)CCCBr. The molecule has 0 spiro atoms. The summed E-state index contributed by atoms with van der Waals surface area (Å²) in [6, 6.07) is 0. The van der Waals surface area contributed by atoms with Gasteiger partial charge in [0.2, 0.25) is 0 Å². The minimum absolute atomic E-state index is 0.606. The summed E-state index contributed by atoms with van der Waals surface area (Å²) >= 11 is 4.45. The van der Waals surface area contributed by atoms with Crippen molar-refractivity contribution in [2.45, 2.75) is 12.8 Å². The van der Waals surface area contributed by atoms with E-state index in [1.54, 1.807) is 0 Å². The Morgan fingerprint density at radius 3 is 1.83 bits per heavy atom. The smallest absolute Gasteiger partial charge is 0.0209 e. The molecule has 0 saturated carbocycles. The number of rotatable bonds is 7. The molecule has 0 aromatic heterocycles. The second-order valence-electron chi connectivity index (χ2n) is 2.23. The third-order valence-corrected chi connectivity index (χ3v) is 3.20. The maximum atomic E-state index is 10.6. The largest absolute Gasteiger partial charge is 0.760 e. The van der Waals surface area contributed by atoms with Crippen molar-refractivity contribution in [3.8, 4) is 0 Å². The highest BCUT2D eigenvalue weighted by atomic mass is 79.9. The van der Waals surface area contributed by atoms with Crippen LogP contribution >= 0.6 is 31.9 Å². The van der Waals surface area contributed by atoms with E-state index in [2.05, 4.69) is 31.9 Å². The van der Waals surface area contributed by atoms with Gasteiger partial charge in [0.25, 0.3) is 0 Å². The quantitative estimate of drug-likeness (QED) is 0.528. The average Bonchev–Trinajstić information content (AvgIpc) is 2.04. The van der Waals surface area contributed by atoms with Crippen LogP contribution in [0.15, 0.2) is 0 Å². The molecule has 0 radical (unpaired) electrons. The number of halogens is 2. The van der Waals surface area contributed by atoms with Crippen molar-refractivity contribution < 1.29 is 8.76 Å². The molecule has 6 heteroatoms. The molecule has 0 N–H and O–H groups in total. The fraction of sp³-hybridized carbons (Fsp3) is 1.00. The summed E-state index contributed by atoms with van der Waals surface area (Å²) in [5.74, 6) is 0. The van der Waals surface area contributed by atoms with Crippen LogP contribution in [0.4, 0.5) is 0 Å². The maximum Gasteiger partial charge on any atom is 0.0209 e. The van der Waals surface area contributed by atoms with Crippen molar-refractivity contribution in [2.24, 2.45) is 0 Å². The summed E-state index contributed by atoms with van der Waals surface area (Å²) in [5, 5.41) is 1.68. The highest BCUT2D eigenvalue weighted by Crippen LogP contribution is 2.00. The van der Waals surface area contributed by atoms with Crippen LogP contribution in [0.5, 0.6) is 0 Å². The molecule has 0 aliphatic rings. The van der Waals surface area contributed by atoms with Crippen LogP contribution in [0.2, 0.25) is 0 Å². The fourth-order valence-electron chi connectivity index (χ4n) is 0.733. The molecule has 0 rings (SSSR count). The van der Waals surface area contributed by atoms with Gasteiger partial charge in [-0.2, -0.15) is 0 Å². The summed E-state index contributed by atoms with van der Waals surface area (Å²) in [6.07, 6.45) is 1.71. The zero-order valence-corrected chi connectivity index (χ0v) is 10.7. The first-order chi connectivity index (χ1) is 5.72. The normalized spacial score (nSPS) is 13.7. The Morgan fingerprint density at radius 2 is 1.58 bits per heavy atom. The van der Waals surface area contributed by atoms with Crippen LogP contribution in [-0.4, -0.2) is 36.8 Å². The van der Waals surface area contributed by atoms with Crippen molar-refractivity contribution in [1.82, 2.24) is 4.31 Å². The van der Waals surface area contributed by atoms with E-state index in [9.17, 15) is 8.76 Å². The van der Waals surface area contributed by atoms with Gasteiger partial charge in [0.05, 0.1) is 0 Å². The van der Waals surface area contributed by atoms with Gasteiger partial charge < -0.3 is 4.55 Å². The number of alkyl halides is 2. The molecule has 0 aliphatic carbocycles. The van der Waals surface area contributed by atoms with Gasteiger partial charge >= 0.3 is 0 Å². The van der Waals surface area contributed by atoms with Gasteiger partial charge in [-0.1, -0.05) is 31.9 Å². The minimum Gasteiger partial charge on any atom is -0.760 e. The van der Waals surface area contributed by atoms with Crippen LogP contribution in [0.3, 0.4) is 0 Å². The lowest BCUT2D eigenvalue weighted by Crippen LogP contribution is -2.28. The lowest BCUT2D eigenvalue weighted by Gasteiger charge is -2.23. The van der Waals surface area contributed by atoms with Gasteiger partial charge in [0, 0.05) is 35.0 Å². The molecular weight excluding hydrogens is 310 g/mol. The zero-order valence-electron chi connectivity index (χ0n) is 6.67. The molecule has 0 saturated heterocycles. The molecule has 0 aliphatic heterocycles. The Morgan fingerprint density at radius 1 is 1.17 bits per heavy atom. The van der Waals surface area contributed by atoms with Crippen molar-refractivity contribution in [3.63, 3.8) is 0 Å². The summed E-state index contributed by atoms with van der Waals surface area (Å²) in [7, 11) is 0. The standard InChI is InChI=1S/C6H13Br2NO2S/c7-3-1-5-9(12(10)11)6-2-4-8/h1-6H2,(H,10,11)/p-1. The van der Waals surface area contributed by atoms with E-state index < -0.39 is 11.3 Å². The molecular formula is C6H12Br2NO2S-. The Kier molecular flexibility index (Phi) is 9.36. The van der Waals surface area contributed by atoms with E-state index in [0.717, 1.165) is 23.5 Å². The number of hydrogen-bond donors (Lipinski definition) is 0. The Bertz CT molecular complexity index is 129. The van der Waals surface area contributed by atoms with E-state index in [1.165, 1.54) is 4.31 Å². The van der Waals surface area contributed by atoms with E-state index in [1.807, 2.05) is 0 Å². The second-order valence-corrected chi connectivity index (χ2v) is 4.77. The predicted octanol–water partition coefficient (Wildman–Crippen LogP) is 1.65. The van der Waals surface area contributed by atoms with Crippen LogP contribution < -0.4 is 0 Å². The van der Waals surface area contributed by atoms with Crippen molar-refractivity contribution in [1.29, 1.82) is 0 Å². The topological polar surface area (TPSA) is 43.4 Å². The molecule has 0 amide bonds. The summed E-state index contributed by atoms with van der Waals surface area (Å²) in [5.41, 5.74) is 0. The highest BCUT2D eigenvalue weighted by Gasteiger charge is 2.02. The maximum absolute atomic E-state index is 10.6. The number of hydrogen-bond acceptors (Lipinski definition) is 2. The Labute approximate surface area is 92.6 Å². The first kappa shape index (κ1) is 13.0. The van der Waals surface area contributed by atoms with Gasteiger partial charge in [-0.15, -0.1) is 0 Å². The third-order valence-electron chi connectivity index (χ3n) is 1.29. The molecule has 74 valence electrons. The van der Waals surface area contributed by atoms with Gasteiger partial charge in [-0.05, 0) is 12.8 Å². The lowest BCUT2D eigenvalue weighted by molar-refractivity contribution is 0.389. The molecule has 0 fully saturated rings. The van der Waals surface area contributed by atoms with Gasteiger partial charge in [0.15, 0.2) is 0 Å². The van der Waals surface area contributed by atoms with E-state index in [-0.39, 0.29) is 0 Å².